The molecular formula is C18H25NO4. The van der Waals surface area contributed by atoms with E-state index in [1.807, 2.05) is 26.0 Å². The molecule has 1 aliphatic heterocycles. The summed E-state index contributed by atoms with van der Waals surface area (Å²) in [5, 5.41) is 9.60. The van der Waals surface area contributed by atoms with Gasteiger partial charge < -0.3 is 14.7 Å². The number of carbonyl (C=O) groups is 2. The van der Waals surface area contributed by atoms with Crippen LogP contribution in [-0.4, -0.2) is 47.7 Å². The Morgan fingerprint density at radius 3 is 2.70 bits per heavy atom. The molecule has 1 heterocycles. The van der Waals surface area contributed by atoms with Gasteiger partial charge in [-0.3, -0.25) is 4.79 Å². The quantitative estimate of drug-likeness (QED) is 0.874. The molecule has 0 bridgehead atoms. The number of methoxy groups -OCH3 is 1. The lowest BCUT2D eigenvalue weighted by molar-refractivity contribution is -0.160. The summed E-state index contributed by atoms with van der Waals surface area (Å²) in [7, 11) is 1.47. The summed E-state index contributed by atoms with van der Waals surface area (Å²) >= 11 is 0. The van der Waals surface area contributed by atoms with E-state index in [0.29, 0.717) is 32.2 Å². The number of benzene rings is 1. The van der Waals surface area contributed by atoms with Crippen molar-refractivity contribution in [3.63, 3.8) is 0 Å². The Labute approximate surface area is 137 Å². The van der Waals surface area contributed by atoms with E-state index in [4.69, 9.17) is 4.74 Å². The summed E-state index contributed by atoms with van der Waals surface area (Å²) in [6.45, 7) is 4.60. The minimum atomic E-state index is -1.20. The first kappa shape index (κ1) is 17.5. The SMILES string of the molecule is COCC1(C(=O)O)CCCN1C(=O)CCc1ccc(C)cc1C. The van der Waals surface area contributed by atoms with E-state index in [2.05, 4.69) is 6.07 Å². The second-order valence-corrected chi connectivity index (χ2v) is 6.35. The van der Waals surface area contributed by atoms with Crippen LogP contribution in [0.3, 0.4) is 0 Å². The molecule has 0 saturated carbocycles. The molecule has 1 atom stereocenters. The Balaban J connectivity index is 2.08. The van der Waals surface area contributed by atoms with Crippen LogP contribution in [0.4, 0.5) is 0 Å². The van der Waals surface area contributed by atoms with Crippen molar-refractivity contribution in [2.75, 3.05) is 20.3 Å². The Morgan fingerprint density at radius 1 is 1.35 bits per heavy atom. The van der Waals surface area contributed by atoms with E-state index >= 15 is 0 Å². The van der Waals surface area contributed by atoms with Crippen molar-refractivity contribution in [1.82, 2.24) is 4.90 Å². The third-order valence-corrected chi connectivity index (χ3v) is 4.68. The van der Waals surface area contributed by atoms with E-state index in [-0.39, 0.29) is 12.5 Å². The van der Waals surface area contributed by atoms with Crippen molar-refractivity contribution >= 4 is 11.9 Å². The zero-order chi connectivity index (χ0) is 17.0. The molecule has 1 amide bonds. The van der Waals surface area contributed by atoms with E-state index in [0.717, 1.165) is 5.56 Å². The van der Waals surface area contributed by atoms with Crippen molar-refractivity contribution in [3.8, 4) is 0 Å². The largest absolute Gasteiger partial charge is 0.479 e. The number of likely N-dealkylation sites (tertiary alicyclic amines) is 1. The highest BCUT2D eigenvalue weighted by Crippen LogP contribution is 2.31. The standard InChI is InChI=1S/C18H25NO4/c1-13-5-6-15(14(2)11-13)7-8-16(20)19-10-4-9-18(19,12-23-3)17(21)22/h5-6,11H,4,7-10,12H2,1-3H3,(H,21,22). The maximum absolute atomic E-state index is 12.6. The number of aryl methyl sites for hydroxylation is 3. The first-order valence-corrected chi connectivity index (χ1v) is 7.99. The minimum absolute atomic E-state index is 0.0393. The number of carboxylic acids is 1. The number of ether oxygens (including phenoxy) is 1. The van der Waals surface area contributed by atoms with Gasteiger partial charge in [-0.1, -0.05) is 23.8 Å². The van der Waals surface area contributed by atoms with Gasteiger partial charge in [0.25, 0.3) is 0 Å². The maximum Gasteiger partial charge on any atom is 0.332 e. The van der Waals surface area contributed by atoms with Gasteiger partial charge in [0.2, 0.25) is 5.91 Å². The van der Waals surface area contributed by atoms with Crippen molar-refractivity contribution in [1.29, 1.82) is 0 Å². The zero-order valence-electron chi connectivity index (χ0n) is 14.1. The highest BCUT2D eigenvalue weighted by Gasteiger charge is 2.49. The highest BCUT2D eigenvalue weighted by atomic mass is 16.5. The molecule has 1 N–H and O–H groups in total. The molecule has 126 valence electrons. The molecule has 0 aromatic heterocycles. The first-order valence-electron chi connectivity index (χ1n) is 7.99. The van der Waals surface area contributed by atoms with Gasteiger partial charge in [0, 0.05) is 20.1 Å². The fraction of sp³-hybridized carbons (Fsp3) is 0.556. The molecule has 1 aliphatic rings. The lowest BCUT2D eigenvalue weighted by atomic mass is 9.96. The smallest absolute Gasteiger partial charge is 0.332 e. The van der Waals surface area contributed by atoms with Crippen LogP contribution in [0, 0.1) is 13.8 Å². The lowest BCUT2D eigenvalue weighted by Crippen LogP contribution is -2.56. The Morgan fingerprint density at radius 2 is 2.09 bits per heavy atom. The number of carbonyl (C=O) groups excluding carboxylic acids is 1. The van der Waals surface area contributed by atoms with Crippen LogP contribution < -0.4 is 0 Å². The number of hydrogen-bond acceptors (Lipinski definition) is 3. The molecule has 5 heteroatoms. The van der Waals surface area contributed by atoms with Crippen molar-refractivity contribution in [2.24, 2.45) is 0 Å². The molecule has 0 radical (unpaired) electrons. The fourth-order valence-corrected chi connectivity index (χ4v) is 3.42. The van der Waals surface area contributed by atoms with Crippen LogP contribution in [0.25, 0.3) is 0 Å². The number of nitrogens with zero attached hydrogens (tertiary/aromatic N) is 1. The molecule has 1 unspecified atom stereocenters. The number of aliphatic carboxylic acids is 1. The van der Waals surface area contributed by atoms with Crippen LogP contribution in [-0.2, 0) is 20.7 Å². The predicted molar refractivity (Wildman–Crippen MR) is 87.4 cm³/mol. The first-order chi connectivity index (χ1) is 10.9. The molecule has 0 spiro atoms. The van der Waals surface area contributed by atoms with Gasteiger partial charge in [0.1, 0.15) is 0 Å². The number of hydrogen-bond donors (Lipinski definition) is 1. The monoisotopic (exact) mass is 319 g/mol. The molecule has 1 aromatic carbocycles. The van der Waals surface area contributed by atoms with Gasteiger partial charge in [-0.15, -0.1) is 0 Å². The van der Waals surface area contributed by atoms with Crippen LogP contribution in [0.5, 0.6) is 0 Å². The fourth-order valence-electron chi connectivity index (χ4n) is 3.42. The van der Waals surface area contributed by atoms with Gasteiger partial charge in [-0.05, 0) is 44.2 Å². The van der Waals surface area contributed by atoms with Crippen molar-refractivity contribution in [3.05, 3.63) is 34.9 Å². The van der Waals surface area contributed by atoms with Gasteiger partial charge in [0.15, 0.2) is 5.54 Å². The Kier molecular flexibility index (Phi) is 5.42. The molecule has 5 nitrogen and oxygen atoms in total. The average molecular weight is 319 g/mol. The summed E-state index contributed by atoms with van der Waals surface area (Å²) in [6.07, 6.45) is 2.10. The average Bonchev–Trinajstić information content (AvgIpc) is 2.91. The van der Waals surface area contributed by atoms with Gasteiger partial charge >= 0.3 is 5.97 Å². The van der Waals surface area contributed by atoms with Crippen molar-refractivity contribution in [2.45, 2.75) is 45.1 Å². The third kappa shape index (κ3) is 3.55. The van der Waals surface area contributed by atoms with Crippen LogP contribution in [0.1, 0.15) is 36.0 Å². The molecule has 23 heavy (non-hydrogen) atoms. The highest BCUT2D eigenvalue weighted by molar-refractivity contribution is 5.88. The van der Waals surface area contributed by atoms with E-state index in [1.54, 1.807) is 0 Å². The Bertz CT molecular complexity index is 599. The van der Waals surface area contributed by atoms with E-state index in [9.17, 15) is 14.7 Å². The maximum atomic E-state index is 12.6. The predicted octanol–water partition coefficient (Wildman–Crippen LogP) is 2.33. The summed E-state index contributed by atoms with van der Waals surface area (Å²) in [4.78, 5) is 25.8. The molecule has 1 fully saturated rings. The summed E-state index contributed by atoms with van der Waals surface area (Å²) < 4.78 is 5.09. The molecular weight excluding hydrogens is 294 g/mol. The second-order valence-electron chi connectivity index (χ2n) is 6.35. The third-order valence-electron chi connectivity index (χ3n) is 4.68. The van der Waals surface area contributed by atoms with Crippen LogP contribution >= 0.6 is 0 Å². The number of amides is 1. The summed E-state index contributed by atoms with van der Waals surface area (Å²) in [5.74, 6) is -1.08. The normalized spacial score (nSPS) is 20.7. The molecule has 1 saturated heterocycles. The van der Waals surface area contributed by atoms with Gasteiger partial charge in [-0.25, -0.2) is 4.79 Å². The van der Waals surface area contributed by atoms with E-state index < -0.39 is 11.5 Å². The Hall–Kier alpha value is -1.88. The van der Waals surface area contributed by atoms with Crippen molar-refractivity contribution < 1.29 is 19.4 Å². The lowest BCUT2D eigenvalue weighted by Gasteiger charge is -2.34. The summed E-state index contributed by atoms with van der Waals surface area (Å²) in [5.41, 5.74) is 2.30. The topological polar surface area (TPSA) is 66.8 Å². The minimum Gasteiger partial charge on any atom is -0.479 e. The van der Waals surface area contributed by atoms with Gasteiger partial charge in [0.05, 0.1) is 6.61 Å². The molecule has 0 aliphatic carbocycles. The number of rotatable bonds is 6. The second kappa shape index (κ2) is 7.13. The molecule has 2 rings (SSSR count). The van der Waals surface area contributed by atoms with Crippen LogP contribution in [0.15, 0.2) is 18.2 Å². The van der Waals surface area contributed by atoms with Gasteiger partial charge in [-0.2, -0.15) is 0 Å². The van der Waals surface area contributed by atoms with E-state index in [1.165, 1.54) is 23.1 Å². The summed E-state index contributed by atoms with van der Waals surface area (Å²) in [6, 6.07) is 6.18. The zero-order valence-corrected chi connectivity index (χ0v) is 14.1. The number of carboxylic acid groups (broad SMARTS) is 1. The molecule has 1 aromatic rings. The van der Waals surface area contributed by atoms with Crippen LogP contribution in [0.2, 0.25) is 0 Å².